The van der Waals surface area contributed by atoms with Gasteiger partial charge in [0.15, 0.2) is 0 Å². The lowest BCUT2D eigenvalue weighted by atomic mass is 9.69. The molecule has 6 aromatic rings. The highest BCUT2D eigenvalue weighted by atomic mass is 15.1. The van der Waals surface area contributed by atoms with E-state index < -0.39 is 5.41 Å². The van der Waals surface area contributed by atoms with Crippen molar-refractivity contribution in [3.05, 3.63) is 142 Å². The maximum atomic E-state index is 2.54. The Kier molecular flexibility index (Phi) is 8.03. The molecule has 6 aromatic carbocycles. The number of hydrogen-bond donors (Lipinski definition) is 0. The maximum Gasteiger partial charge on any atom is 0.0726 e. The van der Waals surface area contributed by atoms with Crippen molar-refractivity contribution in [3.8, 4) is 44.5 Å². The first-order chi connectivity index (χ1) is 25.2. The summed E-state index contributed by atoms with van der Waals surface area (Å²) in [6.45, 7) is 9.24. The van der Waals surface area contributed by atoms with Crippen LogP contribution in [0.4, 0.5) is 22.7 Å². The predicted octanol–water partition coefficient (Wildman–Crippen LogP) is 10.9. The summed E-state index contributed by atoms with van der Waals surface area (Å²) in [4.78, 5) is 8.84. The summed E-state index contributed by atoms with van der Waals surface area (Å²) < 4.78 is 0. The molecule has 8 rings (SSSR count). The lowest BCUT2D eigenvalue weighted by Crippen LogP contribution is -2.26. The van der Waals surface area contributed by atoms with E-state index in [0.717, 1.165) is 0 Å². The van der Waals surface area contributed by atoms with E-state index in [1.807, 2.05) is 0 Å². The van der Waals surface area contributed by atoms with Crippen LogP contribution < -0.4 is 19.6 Å². The molecule has 0 fully saturated rings. The average molecular weight is 697 g/mol. The van der Waals surface area contributed by atoms with Crippen LogP contribution in [0.25, 0.3) is 44.5 Å². The second kappa shape index (κ2) is 12.3. The third-order valence-electron chi connectivity index (χ3n) is 11.9. The fraction of sp³-hybridized carbons (Fsp3) is 0.265. The molecule has 268 valence electrons. The molecule has 2 aliphatic carbocycles. The highest BCUT2D eigenvalue weighted by Gasteiger charge is 2.53. The number of rotatable bonds is 6. The van der Waals surface area contributed by atoms with Crippen LogP contribution in [0.1, 0.15) is 44.5 Å². The zero-order valence-corrected chi connectivity index (χ0v) is 33.5. The van der Waals surface area contributed by atoms with Crippen LogP contribution >= 0.6 is 0 Å². The zero-order chi connectivity index (χ0) is 37.7. The van der Waals surface area contributed by atoms with E-state index in [1.54, 1.807) is 0 Å². The van der Waals surface area contributed by atoms with Gasteiger partial charge in [-0.15, -0.1) is 0 Å². The van der Waals surface area contributed by atoms with E-state index in [1.165, 1.54) is 112 Å². The summed E-state index contributed by atoms with van der Waals surface area (Å²) in [5, 5.41) is 0. The molecule has 0 atom stereocenters. The molecule has 0 saturated heterocycles. The molecule has 0 bridgehead atoms. The molecule has 2 aliphatic rings. The first kappa shape index (κ1) is 34.6. The fourth-order valence-corrected chi connectivity index (χ4v) is 9.21. The van der Waals surface area contributed by atoms with Crippen molar-refractivity contribution in [3.63, 3.8) is 0 Å². The number of benzene rings is 6. The first-order valence-electron chi connectivity index (χ1n) is 18.7. The minimum Gasteiger partial charge on any atom is -0.378 e. The van der Waals surface area contributed by atoms with Gasteiger partial charge in [-0.25, -0.2) is 0 Å². The van der Waals surface area contributed by atoms with Crippen LogP contribution in [0.3, 0.4) is 0 Å². The van der Waals surface area contributed by atoms with Crippen molar-refractivity contribution >= 4 is 22.7 Å². The number of hydrogen-bond acceptors (Lipinski definition) is 4. The van der Waals surface area contributed by atoms with Crippen molar-refractivity contribution in [2.75, 3.05) is 76.0 Å². The Morgan fingerprint density at radius 2 is 0.623 bits per heavy atom. The number of aryl methyl sites for hydroxylation is 4. The number of fused-ring (bicyclic) bond motifs is 10. The molecule has 0 saturated carbocycles. The van der Waals surface area contributed by atoms with Gasteiger partial charge < -0.3 is 19.6 Å². The molecule has 4 heteroatoms. The van der Waals surface area contributed by atoms with Gasteiger partial charge in [-0.05, 0) is 165 Å². The Balaban J connectivity index is 1.50. The maximum absolute atomic E-state index is 2.54. The van der Waals surface area contributed by atoms with Gasteiger partial charge in [-0.3, -0.25) is 0 Å². The van der Waals surface area contributed by atoms with E-state index in [9.17, 15) is 0 Å². The van der Waals surface area contributed by atoms with Crippen molar-refractivity contribution in [2.45, 2.75) is 33.1 Å². The van der Waals surface area contributed by atoms with E-state index in [4.69, 9.17) is 0 Å². The van der Waals surface area contributed by atoms with Crippen molar-refractivity contribution in [1.29, 1.82) is 0 Å². The Bertz CT molecular complexity index is 2240. The summed E-state index contributed by atoms with van der Waals surface area (Å²) in [5.74, 6) is 0. The quantitative estimate of drug-likeness (QED) is 0.172. The van der Waals surface area contributed by atoms with E-state index in [2.05, 4.69) is 201 Å². The molecule has 0 heterocycles. The van der Waals surface area contributed by atoms with Gasteiger partial charge in [0, 0.05) is 79.1 Å². The third-order valence-corrected chi connectivity index (χ3v) is 11.9. The van der Waals surface area contributed by atoms with Gasteiger partial charge in [0.2, 0.25) is 0 Å². The molecule has 0 aliphatic heterocycles. The normalized spacial score (nSPS) is 13.1. The van der Waals surface area contributed by atoms with Crippen LogP contribution in [-0.2, 0) is 5.41 Å². The largest absolute Gasteiger partial charge is 0.378 e. The van der Waals surface area contributed by atoms with Gasteiger partial charge in [0.05, 0.1) is 5.41 Å². The predicted molar refractivity (Wildman–Crippen MR) is 230 cm³/mol. The van der Waals surface area contributed by atoms with E-state index >= 15 is 0 Å². The van der Waals surface area contributed by atoms with Crippen molar-refractivity contribution in [2.24, 2.45) is 0 Å². The molecule has 0 amide bonds. The lowest BCUT2D eigenvalue weighted by Gasteiger charge is -2.32. The van der Waals surface area contributed by atoms with Crippen LogP contribution in [0.5, 0.6) is 0 Å². The molecule has 0 N–H and O–H groups in total. The monoisotopic (exact) mass is 696 g/mol. The summed E-state index contributed by atoms with van der Waals surface area (Å²) >= 11 is 0. The van der Waals surface area contributed by atoms with Crippen LogP contribution in [0.2, 0.25) is 0 Å². The van der Waals surface area contributed by atoms with Gasteiger partial charge in [0.25, 0.3) is 0 Å². The first-order valence-corrected chi connectivity index (χ1v) is 18.7. The highest BCUT2D eigenvalue weighted by Crippen LogP contribution is 2.65. The van der Waals surface area contributed by atoms with Gasteiger partial charge in [-0.2, -0.15) is 0 Å². The van der Waals surface area contributed by atoms with Gasteiger partial charge in [0.1, 0.15) is 0 Å². The summed E-state index contributed by atoms with van der Waals surface area (Å²) in [6, 6.07) is 37.8. The topological polar surface area (TPSA) is 13.0 Å². The van der Waals surface area contributed by atoms with Gasteiger partial charge >= 0.3 is 0 Å². The van der Waals surface area contributed by atoms with Crippen molar-refractivity contribution < 1.29 is 0 Å². The van der Waals surface area contributed by atoms with Crippen molar-refractivity contribution in [1.82, 2.24) is 0 Å². The molecule has 1 spiro atoms. The smallest absolute Gasteiger partial charge is 0.0726 e. The van der Waals surface area contributed by atoms with Crippen LogP contribution in [0.15, 0.2) is 97.1 Å². The zero-order valence-electron chi connectivity index (χ0n) is 33.5. The average Bonchev–Trinajstić information content (AvgIpc) is 3.60. The van der Waals surface area contributed by atoms with Gasteiger partial charge in [-0.1, -0.05) is 48.5 Å². The number of anilines is 4. The molecular formula is C49H52N4. The Morgan fingerprint density at radius 1 is 0.321 bits per heavy atom. The molecule has 53 heavy (non-hydrogen) atoms. The second-order valence-corrected chi connectivity index (χ2v) is 16.2. The minimum atomic E-state index is -0.470. The fourth-order valence-electron chi connectivity index (χ4n) is 9.21. The summed E-state index contributed by atoms with van der Waals surface area (Å²) in [5.41, 5.74) is 25.7. The SMILES string of the molecule is Cc1cccc2c1-c1c(C)cccc1C21c2cc(-c3cc(N(C)C)cc(N(C)C)c3)cc(C)c2-c2c(C)cc(-c3cc(N(C)C)cc(N(C)C)c3)cc21. The minimum absolute atomic E-state index is 0.470. The Hall–Kier alpha value is -5.48. The molecule has 0 radical (unpaired) electrons. The third kappa shape index (κ3) is 5.10. The standard InChI is InChI=1S/C49H52N4/c1-29-15-13-17-41-45(29)46-30(2)16-14-18-42(46)49(41)43-25-33(35-21-37(50(5)6)27-38(22-35)51(7)8)19-31(3)47(43)48-32(4)20-34(26-44(48)49)36-23-39(52(9)10)28-40(24-36)53(11)12/h13-28H,1-12H3. The van der Waals surface area contributed by atoms with Crippen LogP contribution in [-0.4, -0.2) is 56.4 Å². The molecule has 4 nitrogen and oxygen atoms in total. The van der Waals surface area contributed by atoms with E-state index in [-0.39, 0.29) is 0 Å². The van der Waals surface area contributed by atoms with Crippen LogP contribution in [0, 0.1) is 27.7 Å². The summed E-state index contributed by atoms with van der Waals surface area (Å²) in [6.07, 6.45) is 0. The highest BCUT2D eigenvalue weighted by molar-refractivity contribution is 6.00. The van der Waals surface area contributed by atoms with E-state index in [0.29, 0.717) is 0 Å². The lowest BCUT2D eigenvalue weighted by molar-refractivity contribution is 0.792. The molecule has 0 aromatic heterocycles. The summed E-state index contributed by atoms with van der Waals surface area (Å²) in [7, 11) is 17.0. The Labute approximate surface area is 316 Å². The molecule has 0 unspecified atom stereocenters. The molecular weight excluding hydrogens is 645 g/mol. The number of nitrogens with zero attached hydrogens (tertiary/aromatic N) is 4. The Morgan fingerprint density at radius 3 is 0.943 bits per heavy atom. The second-order valence-electron chi connectivity index (χ2n) is 16.2.